The maximum Gasteiger partial charge on any atom is 0.227 e. The SMILES string of the molecule is CS(=O)(=O)c1cccc(Nc2ncc(Cl)c(-c3c[nH]c4c(N)cccc34)n2)c1F. The smallest absolute Gasteiger partial charge is 0.227 e. The number of fused-ring (bicyclic) bond motifs is 1. The molecule has 0 unspecified atom stereocenters. The van der Waals surface area contributed by atoms with E-state index in [-0.39, 0.29) is 11.6 Å². The van der Waals surface area contributed by atoms with Crippen molar-refractivity contribution in [2.45, 2.75) is 4.90 Å². The molecule has 0 atom stereocenters. The van der Waals surface area contributed by atoms with Crippen molar-refractivity contribution in [3.63, 3.8) is 0 Å². The van der Waals surface area contributed by atoms with Crippen LogP contribution in [0.4, 0.5) is 21.7 Å². The molecule has 4 rings (SSSR count). The van der Waals surface area contributed by atoms with Gasteiger partial charge in [-0.2, -0.15) is 0 Å². The molecule has 0 radical (unpaired) electrons. The third kappa shape index (κ3) is 3.50. The van der Waals surface area contributed by atoms with Crippen LogP contribution in [0, 0.1) is 5.82 Å². The van der Waals surface area contributed by atoms with Gasteiger partial charge in [0.15, 0.2) is 15.7 Å². The quantitative estimate of drug-likeness (QED) is 0.418. The van der Waals surface area contributed by atoms with E-state index in [4.69, 9.17) is 17.3 Å². The number of aromatic nitrogens is 3. The van der Waals surface area contributed by atoms with Gasteiger partial charge in [-0.3, -0.25) is 0 Å². The topological polar surface area (TPSA) is 114 Å². The van der Waals surface area contributed by atoms with Crippen LogP contribution < -0.4 is 11.1 Å². The Morgan fingerprint density at radius 1 is 1.21 bits per heavy atom. The number of nitrogens with zero attached hydrogens (tertiary/aromatic N) is 2. The molecule has 29 heavy (non-hydrogen) atoms. The Kier molecular flexibility index (Phi) is 4.64. The van der Waals surface area contributed by atoms with Gasteiger partial charge in [-0.25, -0.2) is 22.8 Å². The molecule has 0 aliphatic rings. The summed E-state index contributed by atoms with van der Waals surface area (Å²) in [6.45, 7) is 0. The first-order valence-electron chi connectivity index (χ1n) is 8.40. The average molecular weight is 432 g/mol. The minimum Gasteiger partial charge on any atom is -0.397 e. The van der Waals surface area contributed by atoms with Crippen molar-refractivity contribution in [1.29, 1.82) is 0 Å². The van der Waals surface area contributed by atoms with E-state index in [0.29, 0.717) is 22.0 Å². The van der Waals surface area contributed by atoms with E-state index in [1.54, 1.807) is 12.3 Å². The lowest BCUT2D eigenvalue weighted by molar-refractivity contribution is 0.573. The normalized spacial score (nSPS) is 11.7. The summed E-state index contributed by atoms with van der Waals surface area (Å²) < 4.78 is 38.1. The fraction of sp³-hybridized carbons (Fsp3) is 0.0526. The Bertz CT molecular complexity index is 1350. The molecule has 7 nitrogen and oxygen atoms in total. The highest BCUT2D eigenvalue weighted by Crippen LogP contribution is 2.34. The summed E-state index contributed by atoms with van der Waals surface area (Å²) in [6.07, 6.45) is 4.05. The predicted molar refractivity (Wildman–Crippen MR) is 112 cm³/mol. The second-order valence-electron chi connectivity index (χ2n) is 6.38. The highest BCUT2D eigenvalue weighted by Gasteiger charge is 2.18. The number of para-hydroxylation sites is 1. The zero-order valence-corrected chi connectivity index (χ0v) is 16.6. The third-order valence-electron chi connectivity index (χ3n) is 4.36. The van der Waals surface area contributed by atoms with Crippen molar-refractivity contribution in [2.75, 3.05) is 17.3 Å². The van der Waals surface area contributed by atoms with Gasteiger partial charge in [-0.1, -0.05) is 29.8 Å². The van der Waals surface area contributed by atoms with E-state index in [9.17, 15) is 12.8 Å². The number of nitrogen functional groups attached to an aromatic ring is 1. The first-order valence-corrected chi connectivity index (χ1v) is 10.7. The van der Waals surface area contributed by atoms with Gasteiger partial charge < -0.3 is 16.0 Å². The molecule has 4 N–H and O–H groups in total. The van der Waals surface area contributed by atoms with Crippen molar-refractivity contribution in [3.05, 3.63) is 59.6 Å². The zero-order chi connectivity index (χ0) is 20.8. The number of H-pyrrole nitrogens is 1. The van der Waals surface area contributed by atoms with E-state index in [1.807, 2.05) is 12.1 Å². The van der Waals surface area contributed by atoms with Crippen molar-refractivity contribution >= 4 is 49.7 Å². The van der Waals surface area contributed by atoms with Crippen molar-refractivity contribution in [3.8, 4) is 11.3 Å². The van der Waals surface area contributed by atoms with Gasteiger partial charge in [0.1, 0.15) is 4.90 Å². The highest BCUT2D eigenvalue weighted by molar-refractivity contribution is 7.90. The van der Waals surface area contributed by atoms with Crippen LogP contribution in [-0.2, 0) is 9.84 Å². The van der Waals surface area contributed by atoms with E-state index in [2.05, 4.69) is 20.3 Å². The number of benzene rings is 2. The Morgan fingerprint density at radius 2 is 1.97 bits per heavy atom. The summed E-state index contributed by atoms with van der Waals surface area (Å²) in [6, 6.07) is 9.48. The van der Waals surface area contributed by atoms with Crippen LogP contribution in [-0.4, -0.2) is 29.6 Å². The summed E-state index contributed by atoms with van der Waals surface area (Å²) in [5.41, 5.74) is 8.37. The Morgan fingerprint density at radius 3 is 2.72 bits per heavy atom. The Balaban J connectivity index is 1.78. The van der Waals surface area contributed by atoms with Crippen molar-refractivity contribution in [2.24, 2.45) is 0 Å². The maximum atomic E-state index is 14.6. The predicted octanol–water partition coefficient (Wildman–Crippen LogP) is 4.15. The van der Waals surface area contributed by atoms with Crippen LogP contribution in [0.5, 0.6) is 0 Å². The molecule has 0 fully saturated rings. The van der Waals surface area contributed by atoms with Crippen LogP contribution in [0.15, 0.2) is 53.7 Å². The second-order valence-corrected chi connectivity index (χ2v) is 8.77. The highest BCUT2D eigenvalue weighted by atomic mass is 35.5. The molecule has 0 spiro atoms. The summed E-state index contributed by atoms with van der Waals surface area (Å²) in [5, 5.41) is 3.84. The molecular weight excluding hydrogens is 417 g/mol. The Labute approximate surface area is 170 Å². The van der Waals surface area contributed by atoms with E-state index in [0.717, 1.165) is 17.2 Å². The molecule has 2 heterocycles. The molecule has 0 bridgehead atoms. The Hall–Kier alpha value is -3.17. The van der Waals surface area contributed by atoms with E-state index >= 15 is 0 Å². The molecule has 0 aliphatic carbocycles. The number of hydrogen-bond acceptors (Lipinski definition) is 6. The zero-order valence-electron chi connectivity index (χ0n) is 15.1. The molecule has 0 amide bonds. The molecule has 0 aliphatic heterocycles. The minimum absolute atomic E-state index is 0.0622. The van der Waals surface area contributed by atoms with Crippen LogP contribution in [0.3, 0.4) is 0 Å². The monoisotopic (exact) mass is 431 g/mol. The fourth-order valence-electron chi connectivity index (χ4n) is 3.00. The summed E-state index contributed by atoms with van der Waals surface area (Å²) in [5.74, 6) is -0.845. The van der Waals surface area contributed by atoms with Gasteiger partial charge in [-0.05, 0) is 18.2 Å². The molecular formula is C19H15ClFN5O2S. The van der Waals surface area contributed by atoms with Gasteiger partial charge in [-0.15, -0.1) is 0 Å². The number of anilines is 3. The van der Waals surface area contributed by atoms with Crippen LogP contribution in [0.2, 0.25) is 5.02 Å². The standard InChI is InChI=1S/C19H15ClFN5O2S/c1-29(27,28)15-7-3-6-14(16(15)21)25-19-24-9-12(20)17(26-19)11-8-23-18-10(11)4-2-5-13(18)22/h2-9,23H,22H2,1H3,(H,24,25,26). The number of aromatic amines is 1. The lowest BCUT2D eigenvalue weighted by Crippen LogP contribution is -2.05. The maximum absolute atomic E-state index is 14.6. The van der Waals surface area contributed by atoms with Gasteiger partial charge >= 0.3 is 0 Å². The minimum atomic E-state index is -3.72. The molecule has 148 valence electrons. The van der Waals surface area contributed by atoms with Gasteiger partial charge in [0.2, 0.25) is 5.95 Å². The van der Waals surface area contributed by atoms with Crippen LogP contribution >= 0.6 is 11.6 Å². The molecule has 0 saturated carbocycles. The third-order valence-corrected chi connectivity index (χ3v) is 5.75. The lowest BCUT2D eigenvalue weighted by Gasteiger charge is -2.10. The first-order chi connectivity index (χ1) is 13.8. The number of sulfone groups is 1. The fourth-order valence-corrected chi connectivity index (χ4v) is 3.96. The summed E-state index contributed by atoms with van der Waals surface area (Å²) >= 11 is 6.30. The van der Waals surface area contributed by atoms with Gasteiger partial charge in [0.25, 0.3) is 0 Å². The van der Waals surface area contributed by atoms with Gasteiger partial charge in [0, 0.05) is 23.4 Å². The van der Waals surface area contributed by atoms with Crippen molar-refractivity contribution in [1.82, 2.24) is 15.0 Å². The number of hydrogen-bond donors (Lipinski definition) is 3. The van der Waals surface area contributed by atoms with E-state index in [1.165, 1.54) is 24.4 Å². The number of nitrogens with one attached hydrogen (secondary N) is 2. The molecule has 4 aromatic rings. The second kappa shape index (κ2) is 7.02. The summed E-state index contributed by atoms with van der Waals surface area (Å²) in [7, 11) is -3.72. The molecule has 2 aromatic heterocycles. The van der Waals surface area contributed by atoms with Gasteiger partial charge in [0.05, 0.1) is 33.8 Å². The molecule has 2 aromatic carbocycles. The van der Waals surface area contributed by atoms with Crippen LogP contribution in [0.1, 0.15) is 0 Å². The first kappa shape index (κ1) is 19.2. The van der Waals surface area contributed by atoms with Crippen molar-refractivity contribution < 1.29 is 12.8 Å². The van der Waals surface area contributed by atoms with E-state index < -0.39 is 20.5 Å². The molecule has 0 saturated heterocycles. The number of rotatable bonds is 4. The number of halogens is 2. The largest absolute Gasteiger partial charge is 0.397 e. The molecule has 10 heteroatoms. The van der Waals surface area contributed by atoms with Crippen LogP contribution in [0.25, 0.3) is 22.2 Å². The summed E-state index contributed by atoms with van der Waals surface area (Å²) in [4.78, 5) is 11.1. The lowest BCUT2D eigenvalue weighted by atomic mass is 10.1. The number of nitrogens with two attached hydrogens (primary N) is 1. The average Bonchev–Trinajstić information content (AvgIpc) is 3.09.